The van der Waals surface area contributed by atoms with Gasteiger partial charge >= 0.3 is 0 Å². The summed E-state index contributed by atoms with van der Waals surface area (Å²) in [5.41, 5.74) is -0.279. The van der Waals surface area contributed by atoms with Gasteiger partial charge in [0.25, 0.3) is 11.6 Å². The number of nitrogens with zero attached hydrogens (tertiary/aromatic N) is 1. The molecule has 2 rings (SSSR count). The van der Waals surface area contributed by atoms with E-state index in [4.69, 9.17) is 11.6 Å². The van der Waals surface area contributed by atoms with Crippen LogP contribution < -0.4 is 10.6 Å². The summed E-state index contributed by atoms with van der Waals surface area (Å²) in [5.74, 6) is -2.03. The van der Waals surface area contributed by atoms with Crippen molar-refractivity contribution in [3.8, 4) is 0 Å². The Hall–Kier alpha value is -3.00. The number of amides is 2. The number of nitrogens with one attached hydrogen (secondary N) is 2. The summed E-state index contributed by atoms with van der Waals surface area (Å²) in [6, 6.07) is 8.80. The lowest BCUT2D eigenvalue weighted by atomic mass is 10.2. The van der Waals surface area contributed by atoms with Gasteiger partial charge in [-0.15, -0.1) is 0 Å². The van der Waals surface area contributed by atoms with Crippen molar-refractivity contribution in [1.29, 1.82) is 0 Å². The molecule has 7 nitrogen and oxygen atoms in total. The Morgan fingerprint density at radius 3 is 2.62 bits per heavy atom. The summed E-state index contributed by atoms with van der Waals surface area (Å²) in [6.07, 6.45) is 0. The topological polar surface area (TPSA) is 101 Å². The molecule has 0 fully saturated rings. The fraction of sp³-hybridized carbons (Fsp3) is 0.0667. The van der Waals surface area contributed by atoms with E-state index in [1.165, 1.54) is 30.3 Å². The smallest absolute Gasteiger partial charge is 0.270 e. The standard InChI is InChI=1S/C15H11ClFN3O4/c16-10-4-5-13(12(17)7-10)19-14(21)8-18-15(22)9-2-1-3-11(6-9)20(23)24/h1-7H,8H2,(H,18,22)(H,19,21). The SMILES string of the molecule is O=C(CNC(=O)c1cccc([N+](=O)[O-])c1)Nc1ccc(Cl)cc1F. The van der Waals surface area contributed by atoms with E-state index in [0.29, 0.717) is 0 Å². The van der Waals surface area contributed by atoms with Crippen LogP contribution in [0.4, 0.5) is 15.8 Å². The minimum absolute atomic E-state index is 0.0367. The van der Waals surface area contributed by atoms with E-state index in [9.17, 15) is 24.1 Å². The molecule has 2 N–H and O–H groups in total. The molecule has 0 aliphatic rings. The highest BCUT2D eigenvalue weighted by atomic mass is 35.5. The molecule has 0 aliphatic heterocycles. The van der Waals surface area contributed by atoms with Crippen LogP contribution >= 0.6 is 11.6 Å². The third-order valence-corrected chi connectivity index (χ3v) is 3.17. The van der Waals surface area contributed by atoms with Gasteiger partial charge in [0.05, 0.1) is 17.2 Å². The number of rotatable bonds is 5. The summed E-state index contributed by atoms with van der Waals surface area (Å²) >= 11 is 5.60. The number of nitro benzene ring substituents is 1. The maximum absolute atomic E-state index is 13.5. The largest absolute Gasteiger partial charge is 0.343 e. The van der Waals surface area contributed by atoms with Crippen LogP contribution in [-0.4, -0.2) is 23.3 Å². The second-order valence-corrected chi connectivity index (χ2v) is 5.10. The van der Waals surface area contributed by atoms with E-state index in [2.05, 4.69) is 10.6 Å². The zero-order chi connectivity index (χ0) is 17.7. The zero-order valence-electron chi connectivity index (χ0n) is 12.1. The second kappa shape index (κ2) is 7.51. The molecule has 0 aliphatic carbocycles. The first-order valence-electron chi connectivity index (χ1n) is 6.64. The number of benzene rings is 2. The molecular formula is C15H11ClFN3O4. The highest BCUT2D eigenvalue weighted by molar-refractivity contribution is 6.30. The van der Waals surface area contributed by atoms with Crippen LogP contribution in [0.5, 0.6) is 0 Å². The van der Waals surface area contributed by atoms with Gasteiger partial charge in [-0.2, -0.15) is 0 Å². The lowest BCUT2D eigenvalue weighted by Crippen LogP contribution is -2.33. The number of halogens is 2. The maximum Gasteiger partial charge on any atom is 0.270 e. The second-order valence-electron chi connectivity index (χ2n) is 4.66. The summed E-state index contributed by atoms with van der Waals surface area (Å²) in [4.78, 5) is 33.6. The van der Waals surface area contributed by atoms with Crippen LogP contribution in [0, 0.1) is 15.9 Å². The Balaban J connectivity index is 1.95. The molecule has 0 aromatic heterocycles. The Kier molecular flexibility index (Phi) is 5.43. The van der Waals surface area contributed by atoms with Gasteiger partial charge in [0.15, 0.2) is 0 Å². The van der Waals surface area contributed by atoms with Crippen molar-refractivity contribution >= 4 is 34.8 Å². The molecule has 0 radical (unpaired) electrons. The molecule has 2 amide bonds. The molecule has 24 heavy (non-hydrogen) atoms. The number of nitro groups is 1. The van der Waals surface area contributed by atoms with Gasteiger partial charge in [0, 0.05) is 22.7 Å². The molecule has 0 saturated carbocycles. The number of non-ortho nitro benzene ring substituents is 1. The highest BCUT2D eigenvalue weighted by Gasteiger charge is 2.13. The van der Waals surface area contributed by atoms with E-state index in [1.54, 1.807) is 0 Å². The highest BCUT2D eigenvalue weighted by Crippen LogP contribution is 2.18. The van der Waals surface area contributed by atoms with Gasteiger partial charge in [0.1, 0.15) is 5.82 Å². The lowest BCUT2D eigenvalue weighted by molar-refractivity contribution is -0.384. The first-order chi connectivity index (χ1) is 11.4. The normalized spacial score (nSPS) is 10.1. The van der Waals surface area contributed by atoms with E-state index < -0.39 is 29.1 Å². The quantitative estimate of drug-likeness (QED) is 0.638. The average Bonchev–Trinajstić information content (AvgIpc) is 2.55. The Labute approximate surface area is 140 Å². The summed E-state index contributed by atoms with van der Waals surface area (Å²) < 4.78 is 13.5. The molecule has 2 aromatic rings. The zero-order valence-corrected chi connectivity index (χ0v) is 12.8. The van der Waals surface area contributed by atoms with Crippen molar-refractivity contribution in [1.82, 2.24) is 5.32 Å². The van der Waals surface area contributed by atoms with Crippen LogP contribution in [-0.2, 0) is 4.79 Å². The van der Waals surface area contributed by atoms with Crippen molar-refractivity contribution < 1.29 is 18.9 Å². The molecular weight excluding hydrogens is 341 g/mol. The van der Waals surface area contributed by atoms with Gasteiger partial charge in [-0.1, -0.05) is 17.7 Å². The average molecular weight is 352 g/mol. The van der Waals surface area contributed by atoms with Crippen LogP contribution in [0.2, 0.25) is 5.02 Å². The van der Waals surface area contributed by atoms with E-state index in [-0.39, 0.29) is 22.0 Å². The van der Waals surface area contributed by atoms with Gasteiger partial charge in [-0.3, -0.25) is 19.7 Å². The monoisotopic (exact) mass is 351 g/mol. The van der Waals surface area contributed by atoms with Crippen LogP contribution in [0.1, 0.15) is 10.4 Å². The van der Waals surface area contributed by atoms with Gasteiger partial charge in [-0.05, 0) is 24.3 Å². The maximum atomic E-state index is 13.5. The minimum atomic E-state index is -0.708. The predicted molar refractivity (Wildman–Crippen MR) is 85.5 cm³/mol. The first-order valence-corrected chi connectivity index (χ1v) is 7.02. The minimum Gasteiger partial charge on any atom is -0.343 e. The van der Waals surface area contributed by atoms with Crippen LogP contribution in [0.25, 0.3) is 0 Å². The van der Waals surface area contributed by atoms with Crippen molar-refractivity contribution in [2.24, 2.45) is 0 Å². The van der Waals surface area contributed by atoms with Crippen molar-refractivity contribution in [3.05, 3.63) is 69.0 Å². The molecule has 124 valence electrons. The molecule has 0 spiro atoms. The van der Waals surface area contributed by atoms with E-state index >= 15 is 0 Å². The van der Waals surface area contributed by atoms with E-state index in [0.717, 1.165) is 12.1 Å². The van der Waals surface area contributed by atoms with Crippen molar-refractivity contribution in [2.45, 2.75) is 0 Å². The van der Waals surface area contributed by atoms with Gasteiger partial charge < -0.3 is 10.6 Å². The van der Waals surface area contributed by atoms with Gasteiger partial charge in [0.2, 0.25) is 5.91 Å². The summed E-state index contributed by atoms with van der Waals surface area (Å²) in [5, 5.41) is 15.4. The number of anilines is 1. The molecule has 0 unspecified atom stereocenters. The number of hydrogen-bond acceptors (Lipinski definition) is 4. The number of hydrogen-bond donors (Lipinski definition) is 2. The molecule has 0 atom stereocenters. The molecule has 0 heterocycles. The fourth-order valence-corrected chi connectivity index (χ4v) is 1.97. The van der Waals surface area contributed by atoms with E-state index in [1.807, 2.05) is 0 Å². The first kappa shape index (κ1) is 17.4. The fourth-order valence-electron chi connectivity index (χ4n) is 1.81. The van der Waals surface area contributed by atoms with Crippen molar-refractivity contribution in [2.75, 3.05) is 11.9 Å². The van der Waals surface area contributed by atoms with Crippen LogP contribution in [0.15, 0.2) is 42.5 Å². The molecule has 0 saturated heterocycles. The third kappa shape index (κ3) is 4.50. The Morgan fingerprint density at radius 1 is 1.21 bits per heavy atom. The van der Waals surface area contributed by atoms with Crippen molar-refractivity contribution in [3.63, 3.8) is 0 Å². The Morgan fingerprint density at radius 2 is 1.96 bits per heavy atom. The Bertz CT molecular complexity index is 813. The third-order valence-electron chi connectivity index (χ3n) is 2.93. The van der Waals surface area contributed by atoms with Crippen LogP contribution in [0.3, 0.4) is 0 Å². The molecule has 0 bridgehead atoms. The summed E-state index contributed by atoms with van der Waals surface area (Å²) in [6.45, 7) is -0.427. The predicted octanol–water partition coefficient (Wildman–Crippen LogP) is 2.76. The number of carbonyl (C=O) groups is 2. The number of carbonyl (C=O) groups excluding carboxylic acids is 2. The molecule has 2 aromatic carbocycles. The lowest BCUT2D eigenvalue weighted by Gasteiger charge is -2.08. The summed E-state index contributed by atoms with van der Waals surface area (Å²) in [7, 11) is 0. The molecule has 9 heteroatoms. The van der Waals surface area contributed by atoms with Gasteiger partial charge in [-0.25, -0.2) is 4.39 Å².